The zero-order chi connectivity index (χ0) is 15.2. The Morgan fingerprint density at radius 1 is 1.00 bits per heavy atom. The summed E-state index contributed by atoms with van der Waals surface area (Å²) < 4.78 is 0. The number of carbonyl (C=O) groups excluding carboxylic acids is 1. The molecule has 1 amide bonds. The second-order valence-electron chi connectivity index (χ2n) is 4.60. The summed E-state index contributed by atoms with van der Waals surface area (Å²) in [6.07, 6.45) is 0.147. The smallest absolute Gasteiger partial charge is 0.326 e. The molecule has 2 aromatic rings. The molecule has 0 aliphatic rings. The number of amides is 1. The zero-order valence-corrected chi connectivity index (χ0v) is 11.2. The van der Waals surface area contributed by atoms with Crippen molar-refractivity contribution in [3.8, 4) is 5.75 Å². The number of carbonyl (C=O) groups is 2. The van der Waals surface area contributed by atoms with Crippen molar-refractivity contribution in [3.63, 3.8) is 0 Å². The van der Waals surface area contributed by atoms with Crippen molar-refractivity contribution in [2.24, 2.45) is 0 Å². The zero-order valence-electron chi connectivity index (χ0n) is 11.2. The highest BCUT2D eigenvalue weighted by molar-refractivity contribution is 5.96. The quantitative estimate of drug-likeness (QED) is 0.782. The minimum atomic E-state index is -1.10. The van der Waals surface area contributed by atoms with Crippen molar-refractivity contribution < 1.29 is 19.8 Å². The number of benzene rings is 2. The van der Waals surface area contributed by atoms with Crippen LogP contribution in [-0.2, 0) is 11.2 Å². The topological polar surface area (TPSA) is 86.6 Å². The van der Waals surface area contributed by atoms with E-state index < -0.39 is 17.9 Å². The van der Waals surface area contributed by atoms with Gasteiger partial charge in [0.15, 0.2) is 0 Å². The van der Waals surface area contributed by atoms with Crippen molar-refractivity contribution in [2.75, 3.05) is 0 Å². The first-order chi connectivity index (χ1) is 10.1. The van der Waals surface area contributed by atoms with Crippen molar-refractivity contribution in [1.82, 2.24) is 5.32 Å². The maximum atomic E-state index is 12.0. The summed E-state index contributed by atoms with van der Waals surface area (Å²) in [7, 11) is 0. The van der Waals surface area contributed by atoms with Gasteiger partial charge in [-0.3, -0.25) is 4.79 Å². The lowest BCUT2D eigenvalue weighted by Gasteiger charge is -2.14. The van der Waals surface area contributed by atoms with Crippen molar-refractivity contribution in [2.45, 2.75) is 12.5 Å². The minimum Gasteiger partial charge on any atom is -0.508 e. The third-order valence-electron chi connectivity index (χ3n) is 3.02. The standard InChI is InChI=1S/C16H15NO4/c18-13-8-6-11(7-9-13)10-14(16(20)21)17-15(19)12-4-2-1-3-5-12/h1-9,14,18H,10H2,(H,17,19)(H,20,21). The number of aliphatic carboxylic acids is 1. The fraction of sp³-hybridized carbons (Fsp3) is 0.125. The average Bonchev–Trinajstić information content (AvgIpc) is 2.49. The van der Waals surface area contributed by atoms with Gasteiger partial charge in [0.2, 0.25) is 0 Å². The minimum absolute atomic E-state index is 0.110. The van der Waals surface area contributed by atoms with Gasteiger partial charge in [-0.15, -0.1) is 0 Å². The van der Waals surface area contributed by atoms with Crippen LogP contribution in [-0.4, -0.2) is 28.1 Å². The number of aromatic hydroxyl groups is 1. The van der Waals surface area contributed by atoms with E-state index in [9.17, 15) is 19.8 Å². The summed E-state index contributed by atoms with van der Waals surface area (Å²) in [5.74, 6) is -1.42. The Bertz CT molecular complexity index is 622. The summed E-state index contributed by atoms with van der Waals surface area (Å²) in [5, 5.41) is 20.9. The molecular formula is C16H15NO4. The van der Waals surface area contributed by atoms with Crippen LogP contribution in [0.1, 0.15) is 15.9 Å². The van der Waals surface area contributed by atoms with E-state index in [1.807, 2.05) is 0 Å². The lowest BCUT2D eigenvalue weighted by molar-refractivity contribution is -0.139. The van der Waals surface area contributed by atoms with Gasteiger partial charge >= 0.3 is 5.97 Å². The van der Waals surface area contributed by atoms with Crippen LogP contribution in [0, 0.1) is 0 Å². The molecule has 3 N–H and O–H groups in total. The number of phenolic OH excluding ortho intramolecular Hbond substituents is 1. The van der Waals surface area contributed by atoms with E-state index in [0.29, 0.717) is 11.1 Å². The van der Waals surface area contributed by atoms with Gasteiger partial charge in [-0.1, -0.05) is 30.3 Å². The summed E-state index contributed by atoms with van der Waals surface area (Å²) in [5.41, 5.74) is 1.13. The van der Waals surface area contributed by atoms with Gasteiger partial charge in [0.05, 0.1) is 0 Å². The average molecular weight is 285 g/mol. The maximum Gasteiger partial charge on any atom is 0.326 e. The molecule has 0 saturated carbocycles. The van der Waals surface area contributed by atoms with E-state index in [-0.39, 0.29) is 12.2 Å². The van der Waals surface area contributed by atoms with Gasteiger partial charge in [0, 0.05) is 12.0 Å². The monoisotopic (exact) mass is 285 g/mol. The molecule has 2 aromatic carbocycles. The molecule has 0 fully saturated rings. The fourth-order valence-electron chi connectivity index (χ4n) is 1.90. The molecule has 108 valence electrons. The number of carboxylic acids is 1. The van der Waals surface area contributed by atoms with Crippen LogP contribution < -0.4 is 5.32 Å². The van der Waals surface area contributed by atoms with Crippen LogP contribution in [0.25, 0.3) is 0 Å². The Hall–Kier alpha value is -2.82. The van der Waals surface area contributed by atoms with Gasteiger partial charge in [0.1, 0.15) is 11.8 Å². The van der Waals surface area contributed by atoms with Crippen LogP contribution in [0.15, 0.2) is 54.6 Å². The molecule has 21 heavy (non-hydrogen) atoms. The van der Waals surface area contributed by atoms with Gasteiger partial charge < -0.3 is 15.5 Å². The summed E-state index contributed by atoms with van der Waals surface area (Å²) in [4.78, 5) is 23.3. The third kappa shape index (κ3) is 4.07. The number of carboxylic acid groups (broad SMARTS) is 1. The molecule has 0 heterocycles. The first-order valence-electron chi connectivity index (χ1n) is 6.43. The molecule has 0 aliphatic heterocycles. The molecule has 0 bridgehead atoms. The predicted octanol–water partition coefficient (Wildman–Crippen LogP) is 1.82. The SMILES string of the molecule is O=C(NC(Cc1ccc(O)cc1)C(=O)O)c1ccccc1. The lowest BCUT2D eigenvalue weighted by Crippen LogP contribution is -2.42. The molecule has 1 unspecified atom stereocenters. The molecule has 0 radical (unpaired) electrons. The van der Waals surface area contributed by atoms with Crippen LogP contribution in [0.5, 0.6) is 5.75 Å². The first-order valence-corrected chi connectivity index (χ1v) is 6.43. The van der Waals surface area contributed by atoms with E-state index in [0.717, 1.165) is 0 Å². The third-order valence-corrected chi connectivity index (χ3v) is 3.02. The highest BCUT2D eigenvalue weighted by Crippen LogP contribution is 2.12. The molecule has 0 spiro atoms. The van der Waals surface area contributed by atoms with Gasteiger partial charge in [0.25, 0.3) is 5.91 Å². The Labute approximate surface area is 121 Å². The molecule has 0 aromatic heterocycles. The predicted molar refractivity (Wildman–Crippen MR) is 77.1 cm³/mol. The normalized spacial score (nSPS) is 11.6. The van der Waals surface area contributed by atoms with E-state index >= 15 is 0 Å². The number of hydrogen-bond acceptors (Lipinski definition) is 3. The number of nitrogens with one attached hydrogen (secondary N) is 1. The molecule has 0 aliphatic carbocycles. The van der Waals surface area contributed by atoms with Gasteiger partial charge in [-0.2, -0.15) is 0 Å². The highest BCUT2D eigenvalue weighted by atomic mass is 16.4. The number of hydrogen-bond donors (Lipinski definition) is 3. The van der Waals surface area contributed by atoms with E-state index in [1.54, 1.807) is 42.5 Å². The molecule has 2 rings (SSSR count). The molecule has 0 saturated heterocycles. The van der Waals surface area contributed by atoms with Crippen LogP contribution in [0.4, 0.5) is 0 Å². The first kappa shape index (κ1) is 14.6. The summed E-state index contributed by atoms with van der Waals surface area (Å²) >= 11 is 0. The fourth-order valence-corrected chi connectivity index (χ4v) is 1.90. The Morgan fingerprint density at radius 2 is 1.62 bits per heavy atom. The van der Waals surface area contributed by atoms with E-state index in [2.05, 4.69) is 5.32 Å². The number of phenols is 1. The number of rotatable bonds is 5. The van der Waals surface area contributed by atoms with Crippen molar-refractivity contribution in [3.05, 3.63) is 65.7 Å². The molecular weight excluding hydrogens is 270 g/mol. The Balaban J connectivity index is 2.07. The highest BCUT2D eigenvalue weighted by Gasteiger charge is 2.21. The van der Waals surface area contributed by atoms with Gasteiger partial charge in [-0.05, 0) is 29.8 Å². The van der Waals surface area contributed by atoms with Crippen LogP contribution in [0.3, 0.4) is 0 Å². The Morgan fingerprint density at radius 3 is 2.19 bits per heavy atom. The Kier molecular flexibility index (Phi) is 4.56. The van der Waals surface area contributed by atoms with E-state index in [1.165, 1.54) is 12.1 Å². The van der Waals surface area contributed by atoms with Crippen LogP contribution >= 0.6 is 0 Å². The second kappa shape index (κ2) is 6.56. The molecule has 5 nitrogen and oxygen atoms in total. The van der Waals surface area contributed by atoms with Crippen molar-refractivity contribution in [1.29, 1.82) is 0 Å². The van der Waals surface area contributed by atoms with Crippen molar-refractivity contribution >= 4 is 11.9 Å². The molecule has 5 heteroatoms. The lowest BCUT2D eigenvalue weighted by atomic mass is 10.1. The van der Waals surface area contributed by atoms with Gasteiger partial charge in [-0.25, -0.2) is 4.79 Å². The van der Waals surface area contributed by atoms with E-state index in [4.69, 9.17) is 0 Å². The summed E-state index contributed by atoms with van der Waals surface area (Å²) in [6.45, 7) is 0. The molecule has 1 atom stereocenters. The summed E-state index contributed by atoms with van der Waals surface area (Å²) in [6, 6.07) is 13.6. The van der Waals surface area contributed by atoms with Crippen LogP contribution in [0.2, 0.25) is 0 Å². The maximum absolute atomic E-state index is 12.0. The second-order valence-corrected chi connectivity index (χ2v) is 4.60. The largest absolute Gasteiger partial charge is 0.508 e.